The molecule has 0 unspecified atom stereocenters. The molecule has 0 aromatic carbocycles. The quantitative estimate of drug-likeness (QED) is 0.774. The van der Waals surface area contributed by atoms with E-state index in [4.69, 9.17) is 0 Å². The standard InChI is InChI=1S/C14H24N2O3/c1-4-16(14(2,3)12(17)18)13(19)15-11(9-5-6-9)10-7-8-10/h9-11H,4-8H2,1-3H3,(H,15,19)(H,17,18). The molecule has 0 aromatic heterocycles. The number of nitrogens with zero attached hydrogens (tertiary/aromatic N) is 1. The van der Waals surface area contributed by atoms with Gasteiger partial charge in [-0.1, -0.05) is 0 Å². The van der Waals surface area contributed by atoms with Gasteiger partial charge in [0, 0.05) is 12.6 Å². The molecule has 0 heterocycles. The summed E-state index contributed by atoms with van der Waals surface area (Å²) in [5, 5.41) is 12.3. The van der Waals surface area contributed by atoms with Crippen molar-refractivity contribution >= 4 is 12.0 Å². The van der Waals surface area contributed by atoms with Gasteiger partial charge in [-0.2, -0.15) is 0 Å². The highest BCUT2D eigenvalue weighted by Crippen LogP contribution is 2.44. The number of carbonyl (C=O) groups is 2. The summed E-state index contributed by atoms with van der Waals surface area (Å²) in [5.74, 6) is 0.255. The molecule has 19 heavy (non-hydrogen) atoms. The van der Waals surface area contributed by atoms with Crippen LogP contribution in [0, 0.1) is 11.8 Å². The molecule has 2 saturated carbocycles. The van der Waals surface area contributed by atoms with Crippen molar-refractivity contribution in [2.24, 2.45) is 11.8 Å². The van der Waals surface area contributed by atoms with Crippen molar-refractivity contribution in [2.45, 2.75) is 58.0 Å². The summed E-state index contributed by atoms with van der Waals surface area (Å²) >= 11 is 0. The average molecular weight is 268 g/mol. The second kappa shape index (κ2) is 5.02. The van der Waals surface area contributed by atoms with Crippen molar-refractivity contribution < 1.29 is 14.7 Å². The summed E-state index contributed by atoms with van der Waals surface area (Å²) < 4.78 is 0. The molecule has 0 atom stereocenters. The van der Waals surface area contributed by atoms with Crippen LogP contribution in [0.15, 0.2) is 0 Å². The summed E-state index contributed by atoms with van der Waals surface area (Å²) in [6, 6.07) is 0.0184. The number of amides is 2. The second-order valence-corrected chi connectivity index (χ2v) is 6.26. The van der Waals surface area contributed by atoms with E-state index in [0.29, 0.717) is 18.4 Å². The molecule has 2 fully saturated rings. The van der Waals surface area contributed by atoms with Gasteiger partial charge in [0.1, 0.15) is 5.54 Å². The van der Waals surface area contributed by atoms with E-state index in [0.717, 1.165) is 0 Å². The lowest BCUT2D eigenvalue weighted by Crippen LogP contribution is -2.58. The van der Waals surface area contributed by atoms with Gasteiger partial charge in [-0.3, -0.25) is 0 Å². The fourth-order valence-corrected chi connectivity index (χ4v) is 2.66. The molecule has 0 radical (unpaired) electrons. The first kappa shape index (κ1) is 14.2. The first-order valence-corrected chi connectivity index (χ1v) is 7.19. The van der Waals surface area contributed by atoms with Gasteiger partial charge in [0.15, 0.2) is 0 Å². The van der Waals surface area contributed by atoms with Crippen molar-refractivity contribution in [3.8, 4) is 0 Å². The topological polar surface area (TPSA) is 69.6 Å². The van der Waals surface area contributed by atoms with E-state index in [1.165, 1.54) is 30.6 Å². The largest absolute Gasteiger partial charge is 0.480 e. The third kappa shape index (κ3) is 3.01. The Morgan fingerprint density at radius 2 is 1.74 bits per heavy atom. The summed E-state index contributed by atoms with van der Waals surface area (Å²) in [5.41, 5.74) is -1.17. The Labute approximate surface area is 114 Å². The number of carbonyl (C=O) groups excluding carboxylic acids is 1. The lowest BCUT2D eigenvalue weighted by Gasteiger charge is -2.35. The normalized spacial score (nSPS) is 19.4. The van der Waals surface area contributed by atoms with E-state index in [9.17, 15) is 14.7 Å². The maximum Gasteiger partial charge on any atom is 0.329 e. The highest BCUT2D eigenvalue weighted by Gasteiger charge is 2.44. The molecule has 0 bridgehead atoms. The van der Waals surface area contributed by atoms with Crippen molar-refractivity contribution in [3.05, 3.63) is 0 Å². The van der Waals surface area contributed by atoms with Gasteiger partial charge in [-0.25, -0.2) is 9.59 Å². The first-order chi connectivity index (χ1) is 8.87. The van der Waals surface area contributed by atoms with Gasteiger partial charge < -0.3 is 15.3 Å². The number of hydrogen-bond acceptors (Lipinski definition) is 2. The van der Waals surface area contributed by atoms with E-state index in [-0.39, 0.29) is 12.1 Å². The Kier molecular flexibility index (Phi) is 3.74. The predicted octanol–water partition coefficient (Wildman–Crippen LogP) is 2.07. The van der Waals surface area contributed by atoms with Crippen LogP contribution in [0.25, 0.3) is 0 Å². The molecule has 2 amide bonds. The van der Waals surface area contributed by atoms with E-state index < -0.39 is 11.5 Å². The second-order valence-electron chi connectivity index (χ2n) is 6.26. The molecule has 0 aliphatic heterocycles. The van der Waals surface area contributed by atoms with Crippen LogP contribution < -0.4 is 5.32 Å². The lowest BCUT2D eigenvalue weighted by atomic mass is 10.0. The zero-order valence-electron chi connectivity index (χ0n) is 12.0. The minimum atomic E-state index is -1.17. The fourth-order valence-electron chi connectivity index (χ4n) is 2.66. The van der Waals surface area contributed by atoms with Gasteiger partial charge in [0.2, 0.25) is 0 Å². The number of aliphatic carboxylic acids is 1. The fraction of sp³-hybridized carbons (Fsp3) is 0.857. The Balaban J connectivity index is 2.01. The summed E-state index contributed by atoms with van der Waals surface area (Å²) in [4.78, 5) is 25.0. The number of hydrogen-bond donors (Lipinski definition) is 2. The van der Waals surface area contributed by atoms with Crippen LogP contribution in [0.5, 0.6) is 0 Å². The molecule has 2 aliphatic rings. The maximum absolute atomic E-state index is 12.4. The average Bonchev–Trinajstić information content (AvgIpc) is 3.18. The van der Waals surface area contributed by atoms with Crippen molar-refractivity contribution in [1.82, 2.24) is 10.2 Å². The molecule has 0 spiro atoms. The van der Waals surface area contributed by atoms with Gasteiger partial charge in [0.05, 0.1) is 0 Å². The van der Waals surface area contributed by atoms with Crippen LogP contribution in [-0.2, 0) is 4.79 Å². The first-order valence-electron chi connectivity index (χ1n) is 7.19. The molecule has 5 nitrogen and oxygen atoms in total. The summed E-state index contributed by atoms with van der Waals surface area (Å²) in [6.45, 7) is 5.35. The minimum absolute atomic E-state index is 0.237. The zero-order valence-corrected chi connectivity index (χ0v) is 12.0. The van der Waals surface area contributed by atoms with Gasteiger partial charge >= 0.3 is 12.0 Å². The Morgan fingerprint density at radius 3 is 2.05 bits per heavy atom. The van der Waals surface area contributed by atoms with E-state index >= 15 is 0 Å². The van der Waals surface area contributed by atoms with E-state index in [1.54, 1.807) is 13.8 Å². The Morgan fingerprint density at radius 1 is 1.26 bits per heavy atom. The van der Waals surface area contributed by atoms with Crippen LogP contribution in [-0.4, -0.2) is 40.1 Å². The molecule has 2 N–H and O–H groups in total. The highest BCUT2D eigenvalue weighted by molar-refractivity contribution is 5.85. The molecular weight excluding hydrogens is 244 g/mol. The lowest BCUT2D eigenvalue weighted by molar-refractivity contribution is -0.147. The van der Waals surface area contributed by atoms with Crippen LogP contribution in [0.4, 0.5) is 4.79 Å². The third-order valence-electron chi connectivity index (χ3n) is 4.31. The van der Waals surface area contributed by atoms with Crippen molar-refractivity contribution in [1.29, 1.82) is 0 Å². The SMILES string of the molecule is CCN(C(=O)NC(C1CC1)C1CC1)C(C)(C)C(=O)O. The van der Waals surface area contributed by atoms with Gasteiger partial charge in [-0.15, -0.1) is 0 Å². The monoisotopic (exact) mass is 268 g/mol. The Hall–Kier alpha value is -1.26. The molecular formula is C14H24N2O3. The minimum Gasteiger partial charge on any atom is -0.480 e. The smallest absolute Gasteiger partial charge is 0.329 e. The molecule has 108 valence electrons. The maximum atomic E-state index is 12.4. The van der Waals surface area contributed by atoms with E-state index in [1.807, 2.05) is 6.92 Å². The van der Waals surface area contributed by atoms with Gasteiger partial charge in [-0.05, 0) is 58.3 Å². The highest BCUT2D eigenvalue weighted by atomic mass is 16.4. The van der Waals surface area contributed by atoms with Crippen LogP contribution in [0.2, 0.25) is 0 Å². The van der Waals surface area contributed by atoms with Gasteiger partial charge in [0.25, 0.3) is 0 Å². The number of likely N-dealkylation sites (N-methyl/N-ethyl adjacent to an activating group) is 1. The number of urea groups is 1. The zero-order chi connectivity index (χ0) is 14.2. The predicted molar refractivity (Wildman–Crippen MR) is 71.9 cm³/mol. The number of nitrogens with one attached hydrogen (secondary N) is 1. The van der Waals surface area contributed by atoms with Crippen LogP contribution in [0.1, 0.15) is 46.5 Å². The molecule has 5 heteroatoms. The third-order valence-corrected chi connectivity index (χ3v) is 4.31. The summed E-state index contributed by atoms with van der Waals surface area (Å²) in [7, 11) is 0. The van der Waals surface area contributed by atoms with E-state index in [2.05, 4.69) is 5.32 Å². The molecule has 2 rings (SSSR count). The molecule has 2 aliphatic carbocycles. The van der Waals surface area contributed by atoms with Crippen LogP contribution >= 0.6 is 0 Å². The molecule has 0 aromatic rings. The summed E-state index contributed by atoms with van der Waals surface area (Å²) in [6.07, 6.45) is 4.76. The van der Waals surface area contributed by atoms with Crippen molar-refractivity contribution in [2.75, 3.05) is 6.54 Å². The number of rotatable bonds is 6. The van der Waals surface area contributed by atoms with Crippen molar-refractivity contribution in [3.63, 3.8) is 0 Å². The number of carboxylic acids is 1. The number of carboxylic acid groups (broad SMARTS) is 1. The van der Waals surface area contributed by atoms with Crippen LogP contribution in [0.3, 0.4) is 0 Å². The Bertz CT molecular complexity index is 361. The molecule has 0 saturated heterocycles.